The third kappa shape index (κ3) is 3.44. The predicted molar refractivity (Wildman–Crippen MR) is 21.4 cm³/mol. The molecule has 0 rings (SSSR count). The fraction of sp³-hybridized carbons (Fsp3) is 0.500. The van der Waals surface area contributed by atoms with Crippen molar-refractivity contribution in [1.29, 1.82) is 0 Å². The standard InChI is InChI=1S/C2H3NO2S/c1-3-6(2,4)5/h2H3. The monoisotopic (exact) mass is 105 g/mol. The lowest BCUT2D eigenvalue weighted by atomic mass is 11.9. The molecule has 0 aromatic rings. The Morgan fingerprint density at radius 1 is 1.67 bits per heavy atom. The SMILES string of the molecule is [C-]#[N+]S(C)(=O)=O. The van der Waals surface area contributed by atoms with E-state index in [9.17, 15) is 8.42 Å². The van der Waals surface area contributed by atoms with Gasteiger partial charge in [-0.05, 0) is 0 Å². The normalized spacial score (nSPS) is 10.0. The molecule has 0 amide bonds. The van der Waals surface area contributed by atoms with E-state index < -0.39 is 10.0 Å². The van der Waals surface area contributed by atoms with E-state index in [0.717, 1.165) is 6.26 Å². The summed E-state index contributed by atoms with van der Waals surface area (Å²) in [6.07, 6.45) is 0.861. The molecule has 0 saturated carbocycles. The van der Waals surface area contributed by atoms with Crippen molar-refractivity contribution in [2.45, 2.75) is 0 Å². The van der Waals surface area contributed by atoms with E-state index in [1.54, 1.807) is 0 Å². The van der Waals surface area contributed by atoms with Crippen LogP contribution >= 0.6 is 0 Å². The quantitative estimate of drug-likeness (QED) is 0.402. The van der Waals surface area contributed by atoms with Gasteiger partial charge in [0, 0.05) is 0 Å². The molecule has 0 spiro atoms. The predicted octanol–water partition coefficient (Wildman–Crippen LogP) is -0.135. The molecular weight excluding hydrogens is 102 g/mol. The molecule has 6 heavy (non-hydrogen) atoms. The summed E-state index contributed by atoms with van der Waals surface area (Å²) in [7, 11) is -3.37. The van der Waals surface area contributed by atoms with Gasteiger partial charge < -0.3 is 0 Å². The molecule has 3 nitrogen and oxygen atoms in total. The summed E-state index contributed by atoms with van der Waals surface area (Å²) in [5, 5.41) is 0. The zero-order chi connectivity index (χ0) is 5.21. The Bertz CT molecular complexity index is 160. The summed E-state index contributed by atoms with van der Waals surface area (Å²) in [5.41, 5.74) is 0. The Kier molecular flexibility index (Phi) is 1.15. The first-order valence-electron chi connectivity index (χ1n) is 1.15. The summed E-state index contributed by atoms with van der Waals surface area (Å²) < 4.78 is 21.5. The van der Waals surface area contributed by atoms with Crippen molar-refractivity contribution in [1.82, 2.24) is 0 Å². The number of rotatable bonds is 0. The highest BCUT2D eigenvalue weighted by Crippen LogP contribution is 1.77. The van der Waals surface area contributed by atoms with Gasteiger partial charge in [0.1, 0.15) is 6.26 Å². The largest absolute Gasteiger partial charge is 0.433 e. The van der Waals surface area contributed by atoms with Gasteiger partial charge in [-0.3, -0.25) is 0 Å². The highest BCUT2D eigenvalue weighted by atomic mass is 32.2. The van der Waals surface area contributed by atoms with Crippen LogP contribution in [0.4, 0.5) is 0 Å². The third-order valence-electron chi connectivity index (χ3n) is 0.166. The van der Waals surface area contributed by atoms with Crippen molar-refractivity contribution in [3.05, 3.63) is 10.8 Å². The minimum atomic E-state index is -3.37. The zero-order valence-corrected chi connectivity index (χ0v) is 3.99. The average Bonchev–Trinajstić information content (AvgIpc) is 1.35. The molecule has 0 atom stereocenters. The van der Waals surface area contributed by atoms with Crippen LogP contribution in [0.15, 0.2) is 0 Å². The van der Waals surface area contributed by atoms with Crippen LogP contribution in [-0.2, 0) is 10.0 Å². The van der Waals surface area contributed by atoms with Crippen LogP contribution in [0.2, 0.25) is 0 Å². The van der Waals surface area contributed by atoms with Crippen LogP contribution < -0.4 is 0 Å². The lowest BCUT2D eigenvalue weighted by Crippen LogP contribution is -1.81. The molecule has 0 radical (unpaired) electrons. The van der Waals surface area contributed by atoms with Gasteiger partial charge >= 0.3 is 10.0 Å². The lowest BCUT2D eigenvalue weighted by Gasteiger charge is -1.63. The van der Waals surface area contributed by atoms with Gasteiger partial charge in [0.25, 0.3) is 0 Å². The topological polar surface area (TPSA) is 38.5 Å². The molecule has 0 saturated heterocycles. The minimum Gasteiger partial charge on any atom is -0.206 e. The Hall–Kier alpha value is -0.560. The van der Waals surface area contributed by atoms with Crippen molar-refractivity contribution >= 4 is 10.0 Å². The van der Waals surface area contributed by atoms with Gasteiger partial charge in [0.15, 0.2) is 0 Å². The van der Waals surface area contributed by atoms with Gasteiger partial charge in [0.05, 0.1) is 0 Å². The molecule has 0 aromatic carbocycles. The van der Waals surface area contributed by atoms with Crippen molar-refractivity contribution in [2.24, 2.45) is 0 Å². The maximum absolute atomic E-state index is 9.65. The molecule has 4 heteroatoms. The molecule has 0 aliphatic rings. The summed E-state index contributed by atoms with van der Waals surface area (Å²) in [6, 6.07) is 0. The zero-order valence-electron chi connectivity index (χ0n) is 3.17. The highest BCUT2D eigenvalue weighted by Gasteiger charge is 1.96. The van der Waals surface area contributed by atoms with Crippen LogP contribution in [0.25, 0.3) is 4.25 Å². The average molecular weight is 105 g/mol. The number of hydrogen-bond acceptors (Lipinski definition) is 2. The first-order valence-corrected chi connectivity index (χ1v) is 3.00. The Morgan fingerprint density at radius 2 is 1.83 bits per heavy atom. The smallest absolute Gasteiger partial charge is 0.206 e. The molecule has 0 bridgehead atoms. The number of nitrogens with zero attached hydrogens (tertiary/aromatic N) is 1. The van der Waals surface area contributed by atoms with E-state index in [2.05, 4.69) is 4.25 Å². The molecule has 0 aliphatic heterocycles. The van der Waals surface area contributed by atoms with Gasteiger partial charge in [-0.25, -0.2) is 6.57 Å². The highest BCUT2D eigenvalue weighted by molar-refractivity contribution is 7.92. The molecule has 0 aromatic heterocycles. The molecule has 34 valence electrons. The van der Waals surface area contributed by atoms with Gasteiger partial charge in [0.2, 0.25) is 0 Å². The van der Waals surface area contributed by atoms with Gasteiger partial charge in [-0.15, -0.1) is 0 Å². The number of hydrogen-bond donors (Lipinski definition) is 0. The van der Waals surface area contributed by atoms with Crippen LogP contribution in [0.3, 0.4) is 0 Å². The second kappa shape index (κ2) is 1.27. The Morgan fingerprint density at radius 3 is 1.83 bits per heavy atom. The Balaban J connectivity index is 4.41. The maximum Gasteiger partial charge on any atom is 0.433 e. The number of sulfonamides is 1. The van der Waals surface area contributed by atoms with Crippen molar-refractivity contribution < 1.29 is 8.42 Å². The summed E-state index contributed by atoms with van der Waals surface area (Å²) in [6.45, 7) is 5.89. The van der Waals surface area contributed by atoms with E-state index >= 15 is 0 Å². The van der Waals surface area contributed by atoms with E-state index in [0.29, 0.717) is 0 Å². The molecule has 0 heterocycles. The molecule has 0 fully saturated rings. The minimum absolute atomic E-state index is 0.861. The van der Waals surface area contributed by atoms with Crippen LogP contribution in [-0.4, -0.2) is 14.7 Å². The Labute approximate surface area is 36.5 Å². The molecule has 0 N–H and O–H groups in total. The van der Waals surface area contributed by atoms with Crippen LogP contribution in [0.1, 0.15) is 0 Å². The first-order chi connectivity index (χ1) is 2.56. The second-order valence-electron chi connectivity index (χ2n) is 0.824. The maximum atomic E-state index is 9.65. The lowest BCUT2D eigenvalue weighted by molar-refractivity contribution is 0.610. The van der Waals surface area contributed by atoms with E-state index in [1.807, 2.05) is 0 Å². The van der Waals surface area contributed by atoms with Gasteiger partial charge in [-0.2, -0.15) is 12.7 Å². The van der Waals surface area contributed by atoms with Gasteiger partial charge in [-0.1, -0.05) is 0 Å². The second-order valence-corrected chi connectivity index (χ2v) is 2.47. The fourth-order valence-electron chi connectivity index (χ4n) is 0. The van der Waals surface area contributed by atoms with Crippen LogP contribution in [0.5, 0.6) is 0 Å². The van der Waals surface area contributed by atoms with E-state index in [4.69, 9.17) is 6.57 Å². The van der Waals surface area contributed by atoms with Crippen molar-refractivity contribution in [3.63, 3.8) is 0 Å². The summed E-state index contributed by atoms with van der Waals surface area (Å²) in [5.74, 6) is 0. The summed E-state index contributed by atoms with van der Waals surface area (Å²) >= 11 is 0. The summed E-state index contributed by atoms with van der Waals surface area (Å²) in [4.78, 5) is 0. The van der Waals surface area contributed by atoms with Crippen molar-refractivity contribution in [2.75, 3.05) is 6.26 Å². The first kappa shape index (κ1) is 5.44. The molecule has 0 unspecified atom stereocenters. The third-order valence-corrected chi connectivity index (χ3v) is 0.497. The van der Waals surface area contributed by atoms with Crippen LogP contribution in [0, 0.1) is 6.57 Å². The van der Waals surface area contributed by atoms with Crippen molar-refractivity contribution in [3.8, 4) is 0 Å². The molecule has 0 aliphatic carbocycles. The fourth-order valence-corrected chi connectivity index (χ4v) is 0. The van der Waals surface area contributed by atoms with E-state index in [1.165, 1.54) is 0 Å². The molecular formula is C2H3NO2S. The van der Waals surface area contributed by atoms with E-state index in [-0.39, 0.29) is 0 Å².